The van der Waals surface area contributed by atoms with E-state index in [0.29, 0.717) is 6.54 Å². The summed E-state index contributed by atoms with van der Waals surface area (Å²) in [6.45, 7) is 0.440. The van der Waals surface area contributed by atoms with Crippen LogP contribution >= 0.6 is 12.2 Å². The lowest BCUT2D eigenvalue weighted by molar-refractivity contribution is 0.449. The van der Waals surface area contributed by atoms with Gasteiger partial charge in [-0.15, -0.1) is 0 Å². The van der Waals surface area contributed by atoms with Gasteiger partial charge >= 0.3 is 0 Å². The molecule has 6 heteroatoms. The van der Waals surface area contributed by atoms with Crippen molar-refractivity contribution in [3.63, 3.8) is 0 Å². The molecule has 2 aromatic rings. The molecule has 5 nitrogen and oxygen atoms in total. The van der Waals surface area contributed by atoms with E-state index in [9.17, 15) is 9.90 Å². The van der Waals surface area contributed by atoms with Crippen LogP contribution < -0.4 is 5.56 Å². The number of hydrogen-bond acceptors (Lipinski definition) is 4. The van der Waals surface area contributed by atoms with E-state index in [-0.39, 0.29) is 16.2 Å². The monoisotopic (exact) mass is 261 g/mol. The predicted octanol–water partition coefficient (Wildman–Crippen LogP) is 1.76. The molecule has 3 N–H and O–H groups in total. The quantitative estimate of drug-likeness (QED) is 0.581. The second-order valence-corrected chi connectivity index (χ2v) is 4.03. The highest BCUT2D eigenvalue weighted by molar-refractivity contribution is 7.71. The van der Waals surface area contributed by atoms with Crippen LogP contribution in [0.1, 0.15) is 11.1 Å². The second-order valence-electron chi connectivity index (χ2n) is 3.63. The zero-order chi connectivity index (χ0) is 13.0. The molecule has 18 heavy (non-hydrogen) atoms. The van der Waals surface area contributed by atoms with Gasteiger partial charge < -0.3 is 10.1 Å². The molecule has 0 saturated carbocycles. The standard InChI is InChI=1S/C12H11N3O2S/c16-10-9(11(17)15-12(18)14-10)7-13-6-8-4-2-1-3-5-8/h1-5,7H,6H2,(H3,14,15,16,17,18). The molecular weight excluding hydrogens is 250 g/mol. The molecule has 0 unspecified atom stereocenters. The van der Waals surface area contributed by atoms with E-state index < -0.39 is 5.56 Å². The van der Waals surface area contributed by atoms with E-state index >= 15 is 0 Å². The molecule has 0 aliphatic rings. The van der Waals surface area contributed by atoms with Gasteiger partial charge in [-0.3, -0.25) is 14.8 Å². The molecule has 92 valence electrons. The van der Waals surface area contributed by atoms with E-state index in [2.05, 4.69) is 15.0 Å². The summed E-state index contributed by atoms with van der Waals surface area (Å²) in [6.07, 6.45) is 1.33. The molecule has 0 radical (unpaired) electrons. The summed E-state index contributed by atoms with van der Waals surface area (Å²) in [4.78, 5) is 20.4. The Balaban J connectivity index is 2.20. The number of nitrogens with zero attached hydrogens (tertiary/aromatic N) is 1. The van der Waals surface area contributed by atoms with Crippen molar-refractivity contribution in [3.05, 3.63) is 56.6 Å². The normalized spacial score (nSPS) is 10.9. The largest absolute Gasteiger partial charge is 0.494 e. The van der Waals surface area contributed by atoms with E-state index in [1.807, 2.05) is 30.3 Å². The number of aromatic nitrogens is 2. The van der Waals surface area contributed by atoms with Crippen LogP contribution in [0.3, 0.4) is 0 Å². The van der Waals surface area contributed by atoms with Crippen LogP contribution in [0.5, 0.6) is 5.88 Å². The number of benzene rings is 1. The molecule has 0 aliphatic carbocycles. The second kappa shape index (κ2) is 5.42. The molecule has 2 rings (SSSR count). The number of nitrogens with one attached hydrogen (secondary N) is 2. The lowest BCUT2D eigenvalue weighted by Crippen LogP contribution is -2.13. The minimum atomic E-state index is -0.465. The number of hydrogen-bond donors (Lipinski definition) is 3. The van der Waals surface area contributed by atoms with Crippen molar-refractivity contribution >= 4 is 18.4 Å². The van der Waals surface area contributed by atoms with Crippen molar-refractivity contribution in [3.8, 4) is 5.88 Å². The zero-order valence-corrected chi connectivity index (χ0v) is 10.2. The van der Waals surface area contributed by atoms with E-state index in [0.717, 1.165) is 5.56 Å². The molecule has 0 fully saturated rings. The van der Waals surface area contributed by atoms with E-state index in [4.69, 9.17) is 12.2 Å². The van der Waals surface area contributed by atoms with Gasteiger partial charge in [-0.05, 0) is 17.8 Å². The van der Waals surface area contributed by atoms with Crippen molar-refractivity contribution in [1.29, 1.82) is 0 Å². The molecule has 0 atom stereocenters. The van der Waals surface area contributed by atoms with Crippen LogP contribution in [0.15, 0.2) is 40.1 Å². The Morgan fingerprint density at radius 1 is 1.28 bits per heavy atom. The molecule has 1 aromatic heterocycles. The van der Waals surface area contributed by atoms with E-state index in [1.54, 1.807) is 0 Å². The lowest BCUT2D eigenvalue weighted by Gasteiger charge is -1.97. The van der Waals surface area contributed by atoms with Gasteiger partial charge in [0.15, 0.2) is 4.77 Å². The van der Waals surface area contributed by atoms with Crippen LogP contribution in [0, 0.1) is 4.77 Å². The third-order valence-corrected chi connectivity index (χ3v) is 2.50. The Morgan fingerprint density at radius 2 is 2.00 bits per heavy atom. The minimum absolute atomic E-state index is 0.0690. The van der Waals surface area contributed by atoms with Gasteiger partial charge in [0.1, 0.15) is 5.56 Å². The van der Waals surface area contributed by atoms with Crippen LogP contribution in [0.25, 0.3) is 0 Å². The Hall–Kier alpha value is -2.21. The molecule has 1 heterocycles. The van der Waals surface area contributed by atoms with Gasteiger partial charge in [0.25, 0.3) is 5.56 Å². The first-order valence-electron chi connectivity index (χ1n) is 5.26. The lowest BCUT2D eigenvalue weighted by atomic mass is 10.2. The van der Waals surface area contributed by atoms with Gasteiger partial charge in [0, 0.05) is 6.21 Å². The fraction of sp³-hybridized carbons (Fsp3) is 0.0833. The number of aromatic hydroxyl groups is 1. The SMILES string of the molecule is O=c1[nH]c(=S)[nH]c(O)c1C=NCc1ccccc1. The predicted molar refractivity (Wildman–Crippen MR) is 71.7 cm³/mol. The number of H-pyrrole nitrogens is 2. The highest BCUT2D eigenvalue weighted by Crippen LogP contribution is 2.05. The van der Waals surface area contributed by atoms with Crippen molar-refractivity contribution in [1.82, 2.24) is 9.97 Å². The fourth-order valence-corrected chi connectivity index (χ4v) is 1.62. The molecule has 0 saturated heterocycles. The summed E-state index contributed by atoms with van der Waals surface area (Å²) in [5.41, 5.74) is 0.626. The fourth-order valence-electron chi connectivity index (χ4n) is 1.43. The Bertz CT molecular complexity index is 674. The van der Waals surface area contributed by atoms with Gasteiger partial charge in [0.05, 0.1) is 6.54 Å². The smallest absolute Gasteiger partial charge is 0.264 e. The maximum absolute atomic E-state index is 11.5. The molecule has 1 aromatic carbocycles. The van der Waals surface area contributed by atoms with Crippen LogP contribution in [0.2, 0.25) is 0 Å². The first-order chi connectivity index (χ1) is 8.66. The number of aliphatic imine (C=N–C) groups is 1. The topological polar surface area (TPSA) is 81.2 Å². The first-order valence-corrected chi connectivity index (χ1v) is 5.67. The minimum Gasteiger partial charge on any atom is -0.494 e. The van der Waals surface area contributed by atoms with Crippen molar-refractivity contribution in [2.24, 2.45) is 4.99 Å². The number of aromatic amines is 2. The summed E-state index contributed by atoms with van der Waals surface area (Å²) < 4.78 is 0.0812. The summed E-state index contributed by atoms with van der Waals surface area (Å²) in [5, 5.41) is 9.54. The highest BCUT2D eigenvalue weighted by atomic mass is 32.1. The van der Waals surface area contributed by atoms with Crippen LogP contribution in [-0.4, -0.2) is 21.3 Å². The molecule has 0 amide bonds. The Morgan fingerprint density at radius 3 is 2.67 bits per heavy atom. The zero-order valence-electron chi connectivity index (χ0n) is 9.38. The molecule has 0 spiro atoms. The third kappa shape index (κ3) is 2.92. The van der Waals surface area contributed by atoms with Crippen molar-refractivity contribution in [2.75, 3.05) is 0 Å². The Kier molecular flexibility index (Phi) is 3.69. The average Bonchev–Trinajstić information content (AvgIpc) is 2.34. The average molecular weight is 261 g/mol. The van der Waals surface area contributed by atoms with Gasteiger partial charge in [-0.1, -0.05) is 30.3 Å². The Labute approximate surface area is 108 Å². The highest BCUT2D eigenvalue weighted by Gasteiger charge is 2.03. The van der Waals surface area contributed by atoms with Crippen LogP contribution in [0.4, 0.5) is 0 Å². The van der Waals surface area contributed by atoms with Crippen LogP contribution in [-0.2, 0) is 6.54 Å². The van der Waals surface area contributed by atoms with Gasteiger partial charge in [-0.25, -0.2) is 0 Å². The molecule has 0 aliphatic heterocycles. The van der Waals surface area contributed by atoms with E-state index in [1.165, 1.54) is 6.21 Å². The summed E-state index contributed by atoms with van der Waals surface area (Å²) in [7, 11) is 0. The first kappa shape index (κ1) is 12.3. The van der Waals surface area contributed by atoms with Crippen molar-refractivity contribution in [2.45, 2.75) is 6.54 Å². The molecular formula is C12H11N3O2S. The summed E-state index contributed by atoms with van der Waals surface area (Å²) >= 11 is 4.72. The molecule has 0 bridgehead atoms. The summed E-state index contributed by atoms with van der Waals surface area (Å²) in [5.74, 6) is -0.277. The third-order valence-electron chi connectivity index (χ3n) is 2.30. The maximum atomic E-state index is 11.5. The number of rotatable bonds is 3. The van der Waals surface area contributed by atoms with Crippen molar-refractivity contribution < 1.29 is 5.11 Å². The summed E-state index contributed by atoms with van der Waals surface area (Å²) in [6, 6.07) is 9.60. The van der Waals surface area contributed by atoms with Gasteiger partial charge in [0.2, 0.25) is 5.88 Å². The van der Waals surface area contributed by atoms with Gasteiger partial charge in [-0.2, -0.15) is 0 Å². The maximum Gasteiger partial charge on any atom is 0.264 e.